The highest BCUT2D eigenvalue weighted by molar-refractivity contribution is 5.82. The lowest BCUT2D eigenvalue weighted by molar-refractivity contribution is -0.133. The lowest BCUT2D eigenvalue weighted by atomic mass is 10.1. The first kappa shape index (κ1) is 17.9. The second-order valence-corrected chi connectivity index (χ2v) is 6.44. The third-order valence-electron chi connectivity index (χ3n) is 4.48. The van der Waals surface area contributed by atoms with Gasteiger partial charge in [0.05, 0.1) is 13.7 Å². The van der Waals surface area contributed by atoms with Crippen molar-refractivity contribution in [1.82, 2.24) is 10.5 Å². The second-order valence-electron chi connectivity index (χ2n) is 6.44. The van der Waals surface area contributed by atoms with E-state index in [0.29, 0.717) is 23.0 Å². The van der Waals surface area contributed by atoms with Crippen LogP contribution in [-0.4, -0.2) is 30.4 Å². The molecule has 1 amide bonds. The highest BCUT2D eigenvalue weighted by atomic mass is 16.6. The highest BCUT2D eigenvalue weighted by Crippen LogP contribution is 2.33. The van der Waals surface area contributed by atoms with Crippen LogP contribution in [0.1, 0.15) is 12.6 Å². The van der Waals surface area contributed by atoms with E-state index in [-0.39, 0.29) is 12.5 Å². The van der Waals surface area contributed by atoms with Gasteiger partial charge in [0.2, 0.25) is 6.10 Å². The average molecular weight is 380 g/mol. The average Bonchev–Trinajstić information content (AvgIpc) is 3.20. The molecule has 1 aliphatic rings. The molecule has 4 rings (SSSR count). The van der Waals surface area contributed by atoms with Gasteiger partial charge in [-0.25, -0.2) is 0 Å². The summed E-state index contributed by atoms with van der Waals surface area (Å²) < 4.78 is 22.1. The molecular formula is C21H20N2O5. The molecule has 144 valence electrons. The maximum absolute atomic E-state index is 12.6. The number of carbonyl (C=O) groups excluding carboxylic acids is 1. The van der Waals surface area contributed by atoms with Crippen molar-refractivity contribution >= 4 is 5.91 Å². The number of carbonyl (C=O) groups is 1. The molecule has 7 heteroatoms. The highest BCUT2D eigenvalue weighted by Gasteiger charge is 2.33. The van der Waals surface area contributed by atoms with Crippen molar-refractivity contribution in [3.63, 3.8) is 0 Å². The van der Waals surface area contributed by atoms with Crippen molar-refractivity contribution < 1.29 is 23.5 Å². The molecule has 0 spiro atoms. The first-order valence-electron chi connectivity index (χ1n) is 8.94. The lowest BCUT2D eigenvalue weighted by Gasteiger charge is -2.30. The van der Waals surface area contributed by atoms with Crippen LogP contribution in [0.4, 0.5) is 0 Å². The third-order valence-corrected chi connectivity index (χ3v) is 4.48. The minimum atomic E-state index is -0.733. The molecule has 0 bridgehead atoms. The molecule has 2 unspecified atom stereocenters. The van der Waals surface area contributed by atoms with Gasteiger partial charge in [0.1, 0.15) is 17.5 Å². The van der Waals surface area contributed by atoms with Gasteiger partial charge in [-0.3, -0.25) is 4.79 Å². The summed E-state index contributed by atoms with van der Waals surface area (Å²) in [5, 5.41) is 6.84. The van der Waals surface area contributed by atoms with E-state index in [4.69, 9.17) is 18.7 Å². The number of fused-ring (bicyclic) bond motifs is 1. The molecule has 2 heterocycles. The van der Waals surface area contributed by atoms with Crippen LogP contribution >= 0.6 is 0 Å². The number of rotatable bonds is 5. The van der Waals surface area contributed by atoms with Crippen LogP contribution in [-0.2, 0) is 11.3 Å². The number of hydrogen-bond acceptors (Lipinski definition) is 6. The summed E-state index contributed by atoms with van der Waals surface area (Å²) in [6.45, 7) is 2.03. The lowest BCUT2D eigenvalue weighted by Crippen LogP contribution is -2.48. The van der Waals surface area contributed by atoms with E-state index in [0.717, 1.165) is 11.3 Å². The molecule has 0 radical (unpaired) electrons. The van der Waals surface area contributed by atoms with E-state index in [9.17, 15) is 4.79 Å². The zero-order valence-electron chi connectivity index (χ0n) is 15.5. The molecule has 3 aromatic rings. The Balaban J connectivity index is 1.38. The van der Waals surface area contributed by atoms with Crippen LogP contribution in [0.3, 0.4) is 0 Å². The number of benzene rings is 2. The second kappa shape index (κ2) is 7.64. The van der Waals surface area contributed by atoms with Gasteiger partial charge in [-0.15, -0.1) is 0 Å². The summed E-state index contributed by atoms with van der Waals surface area (Å²) in [6.07, 6.45) is -1.13. The summed E-state index contributed by atoms with van der Waals surface area (Å²) in [7, 11) is 1.62. The van der Waals surface area contributed by atoms with Gasteiger partial charge >= 0.3 is 0 Å². The number of amides is 1. The Bertz CT molecular complexity index is 967. The van der Waals surface area contributed by atoms with Gasteiger partial charge in [0, 0.05) is 11.6 Å². The van der Waals surface area contributed by atoms with Crippen molar-refractivity contribution in [3.05, 3.63) is 60.3 Å². The SMILES string of the molecule is COc1ccc(-c2cc(CNC(=O)C3Oc4ccccc4OC3C)no2)cc1. The summed E-state index contributed by atoms with van der Waals surface area (Å²) in [4.78, 5) is 12.6. The first-order chi connectivity index (χ1) is 13.6. The Labute approximate surface area is 162 Å². The molecule has 2 atom stereocenters. The summed E-state index contributed by atoms with van der Waals surface area (Å²) in [5.41, 5.74) is 1.49. The predicted octanol–water partition coefficient (Wildman–Crippen LogP) is 3.19. The fourth-order valence-electron chi connectivity index (χ4n) is 2.97. The van der Waals surface area contributed by atoms with Gasteiger partial charge < -0.3 is 24.1 Å². The molecule has 0 fully saturated rings. The number of nitrogens with one attached hydrogen (secondary N) is 1. The van der Waals surface area contributed by atoms with Crippen molar-refractivity contribution in [1.29, 1.82) is 0 Å². The van der Waals surface area contributed by atoms with Crippen molar-refractivity contribution in [2.45, 2.75) is 25.7 Å². The first-order valence-corrected chi connectivity index (χ1v) is 8.94. The predicted molar refractivity (Wildman–Crippen MR) is 101 cm³/mol. The van der Waals surface area contributed by atoms with E-state index in [2.05, 4.69) is 10.5 Å². The maximum atomic E-state index is 12.6. The summed E-state index contributed by atoms with van der Waals surface area (Å²) >= 11 is 0. The summed E-state index contributed by atoms with van der Waals surface area (Å²) in [5.74, 6) is 2.31. The Morgan fingerprint density at radius 2 is 1.82 bits per heavy atom. The number of ether oxygens (including phenoxy) is 3. The quantitative estimate of drug-likeness (QED) is 0.732. The molecule has 1 aromatic heterocycles. The Morgan fingerprint density at radius 3 is 2.54 bits per heavy atom. The fraction of sp³-hybridized carbons (Fsp3) is 0.238. The number of nitrogens with zero attached hydrogens (tertiary/aromatic N) is 1. The van der Waals surface area contributed by atoms with E-state index in [1.54, 1.807) is 26.2 Å². The minimum Gasteiger partial charge on any atom is -0.497 e. The van der Waals surface area contributed by atoms with E-state index in [1.807, 2.05) is 42.5 Å². The van der Waals surface area contributed by atoms with Gasteiger partial charge in [-0.1, -0.05) is 17.3 Å². The van der Waals surface area contributed by atoms with E-state index >= 15 is 0 Å². The molecule has 1 aliphatic heterocycles. The standard InChI is InChI=1S/C21H20N2O5/c1-13-20(27-18-6-4-3-5-17(18)26-13)21(24)22-12-15-11-19(28-23-15)14-7-9-16(25-2)10-8-14/h3-11,13,20H,12H2,1-2H3,(H,22,24). The number of para-hydroxylation sites is 2. The number of hydrogen-bond donors (Lipinski definition) is 1. The fourth-order valence-corrected chi connectivity index (χ4v) is 2.97. The molecule has 1 N–H and O–H groups in total. The Kier molecular flexibility index (Phi) is 4.89. The maximum Gasteiger partial charge on any atom is 0.265 e. The molecule has 7 nitrogen and oxygen atoms in total. The van der Waals surface area contributed by atoms with Crippen LogP contribution in [0.25, 0.3) is 11.3 Å². The van der Waals surface area contributed by atoms with E-state index in [1.165, 1.54) is 0 Å². The topological polar surface area (TPSA) is 82.8 Å². The van der Waals surface area contributed by atoms with Crippen molar-refractivity contribution in [2.24, 2.45) is 0 Å². The Hall–Kier alpha value is -3.48. The zero-order chi connectivity index (χ0) is 19.5. The number of aromatic nitrogens is 1. The van der Waals surface area contributed by atoms with Gasteiger partial charge in [-0.05, 0) is 43.3 Å². The molecule has 28 heavy (non-hydrogen) atoms. The molecule has 0 saturated carbocycles. The minimum absolute atomic E-state index is 0.229. The smallest absolute Gasteiger partial charge is 0.265 e. The number of methoxy groups -OCH3 is 1. The largest absolute Gasteiger partial charge is 0.497 e. The van der Waals surface area contributed by atoms with Gasteiger partial charge in [0.15, 0.2) is 17.3 Å². The van der Waals surface area contributed by atoms with Crippen molar-refractivity contribution in [3.8, 4) is 28.6 Å². The van der Waals surface area contributed by atoms with Crippen LogP contribution in [0.15, 0.2) is 59.1 Å². The van der Waals surface area contributed by atoms with E-state index < -0.39 is 12.2 Å². The van der Waals surface area contributed by atoms with Crippen LogP contribution in [0, 0.1) is 0 Å². The normalized spacial score (nSPS) is 17.8. The monoisotopic (exact) mass is 380 g/mol. The Morgan fingerprint density at radius 1 is 1.11 bits per heavy atom. The molecule has 2 aromatic carbocycles. The summed E-state index contributed by atoms with van der Waals surface area (Å²) in [6, 6.07) is 16.5. The zero-order valence-corrected chi connectivity index (χ0v) is 15.5. The molecular weight excluding hydrogens is 360 g/mol. The molecule has 0 saturated heterocycles. The van der Waals surface area contributed by atoms with Crippen molar-refractivity contribution in [2.75, 3.05) is 7.11 Å². The third kappa shape index (κ3) is 3.64. The van der Waals surface area contributed by atoms with Crippen LogP contribution in [0.5, 0.6) is 17.2 Å². The van der Waals surface area contributed by atoms with Crippen LogP contribution in [0.2, 0.25) is 0 Å². The molecule has 0 aliphatic carbocycles. The van der Waals surface area contributed by atoms with Crippen LogP contribution < -0.4 is 19.5 Å². The van der Waals surface area contributed by atoms with Gasteiger partial charge in [0.25, 0.3) is 5.91 Å². The van der Waals surface area contributed by atoms with Gasteiger partial charge in [-0.2, -0.15) is 0 Å².